The Bertz CT molecular complexity index is 1090. The highest BCUT2D eigenvalue weighted by molar-refractivity contribution is 7.10. The van der Waals surface area contributed by atoms with Crippen molar-refractivity contribution in [3.8, 4) is 22.3 Å². The van der Waals surface area contributed by atoms with Gasteiger partial charge in [-0.15, -0.1) is 0 Å². The lowest BCUT2D eigenvalue weighted by molar-refractivity contribution is 0.102. The number of carbonyl (C=O) groups is 2. The monoisotopic (exact) mass is 392 g/mol. The average molecular weight is 392 g/mol. The van der Waals surface area contributed by atoms with E-state index >= 15 is 4.32 Å². The molecular weight excluding hydrogens is 374 g/mol. The predicted octanol–water partition coefficient (Wildman–Crippen LogP) is 6.13. The molecule has 0 unspecified atom stereocenters. The van der Waals surface area contributed by atoms with Gasteiger partial charge in [-0.25, -0.2) is 0 Å². The zero-order valence-corrected chi connectivity index (χ0v) is 16.2. The Morgan fingerprint density at radius 2 is 0.833 bits per heavy atom. The molecule has 0 aliphatic heterocycles. The maximum Gasteiger partial charge on any atom is 0.499 e. The summed E-state index contributed by atoms with van der Waals surface area (Å²) in [4.78, 5) is 26.0. The fraction of sp³-hybridized carbons (Fsp3) is 0. The summed E-state index contributed by atoms with van der Waals surface area (Å²) in [7, 11) is 0. The molecule has 0 spiro atoms. The van der Waals surface area contributed by atoms with Gasteiger partial charge in [0.2, 0.25) is 0 Å². The topological polar surface area (TPSA) is 34.1 Å². The van der Waals surface area contributed by atoms with Crippen molar-refractivity contribution in [2.24, 2.45) is 0 Å². The average Bonchev–Trinajstić information content (AvgIpc) is 2.84. The van der Waals surface area contributed by atoms with Gasteiger partial charge in [0.1, 0.15) is 0 Å². The number of hydrogen-bond acceptors (Lipinski definition) is 2. The molecule has 4 rings (SSSR count). The summed E-state index contributed by atoms with van der Waals surface area (Å²) in [5.41, 5.74) is 1.54. The highest BCUT2D eigenvalue weighted by Gasteiger charge is 2.37. The Balaban J connectivity index is 1.70. The highest BCUT2D eigenvalue weighted by atomic mass is 19.1. The van der Waals surface area contributed by atoms with E-state index in [1.165, 1.54) is 0 Å². The number of carbonyl (C=O) groups excluding carboxylic acids is 2. The van der Waals surface area contributed by atoms with Crippen molar-refractivity contribution >= 4 is 18.4 Å². The van der Waals surface area contributed by atoms with Gasteiger partial charge in [0.05, 0.1) is 0 Å². The number of rotatable bonds is 6. The molecule has 0 aliphatic rings. The van der Waals surface area contributed by atoms with Crippen molar-refractivity contribution in [3.05, 3.63) is 120 Å². The van der Waals surface area contributed by atoms with Crippen LogP contribution in [-0.2, 0) is 0 Å². The minimum Gasteiger partial charge on any atom is -0.314 e. The van der Waals surface area contributed by atoms with E-state index in [0.717, 1.165) is 11.1 Å². The molecule has 0 radical (unpaired) electrons. The van der Waals surface area contributed by atoms with Gasteiger partial charge >= 0.3 is 6.99 Å². The van der Waals surface area contributed by atoms with Crippen LogP contribution in [0.25, 0.3) is 22.3 Å². The molecule has 0 atom stereocenters. The van der Waals surface area contributed by atoms with Gasteiger partial charge in [-0.1, -0.05) is 109 Å². The molecule has 4 heteroatoms. The van der Waals surface area contributed by atoms with Crippen LogP contribution in [0.5, 0.6) is 0 Å². The SMILES string of the molecule is O=C(B(F)C(=O)c1ccccc1-c1ccccc1)c1ccccc1-c1ccccc1. The quantitative estimate of drug-likeness (QED) is 0.370. The first-order chi connectivity index (χ1) is 14.7. The molecule has 0 heterocycles. The largest absolute Gasteiger partial charge is 0.499 e. The van der Waals surface area contributed by atoms with Gasteiger partial charge in [0.25, 0.3) is 0 Å². The van der Waals surface area contributed by atoms with Crippen LogP contribution in [0, 0.1) is 0 Å². The van der Waals surface area contributed by atoms with Gasteiger partial charge < -0.3 is 13.9 Å². The van der Waals surface area contributed by atoms with Crippen molar-refractivity contribution < 1.29 is 13.9 Å². The first-order valence-electron chi connectivity index (χ1n) is 9.68. The lowest BCUT2D eigenvalue weighted by Crippen LogP contribution is -2.32. The van der Waals surface area contributed by atoms with Gasteiger partial charge in [0, 0.05) is 11.1 Å². The van der Waals surface area contributed by atoms with Crippen molar-refractivity contribution in [2.45, 2.75) is 0 Å². The molecule has 2 nitrogen and oxygen atoms in total. The maximum absolute atomic E-state index is 15.3. The first kappa shape index (κ1) is 19.5. The van der Waals surface area contributed by atoms with Crippen LogP contribution in [-0.4, -0.2) is 18.4 Å². The molecule has 0 saturated carbocycles. The molecule has 4 aromatic carbocycles. The summed E-state index contributed by atoms with van der Waals surface area (Å²) in [6, 6.07) is 32.1. The third-order valence-electron chi connectivity index (χ3n) is 5.02. The fourth-order valence-electron chi connectivity index (χ4n) is 3.53. The molecule has 0 aliphatic carbocycles. The molecule has 0 saturated heterocycles. The zero-order valence-electron chi connectivity index (χ0n) is 16.2. The molecule has 0 aromatic heterocycles. The Kier molecular flexibility index (Phi) is 5.67. The highest BCUT2D eigenvalue weighted by Crippen LogP contribution is 2.27. The Labute approximate surface area is 175 Å². The zero-order chi connectivity index (χ0) is 20.9. The maximum atomic E-state index is 15.3. The van der Waals surface area contributed by atoms with Gasteiger partial charge in [-0.3, -0.25) is 0 Å². The van der Waals surface area contributed by atoms with Crippen LogP contribution in [0.4, 0.5) is 4.32 Å². The molecule has 0 bridgehead atoms. The summed E-state index contributed by atoms with van der Waals surface area (Å²) >= 11 is 0. The minimum absolute atomic E-state index is 0.196. The van der Waals surface area contributed by atoms with E-state index in [-0.39, 0.29) is 11.1 Å². The van der Waals surface area contributed by atoms with E-state index in [1.807, 2.05) is 60.7 Å². The van der Waals surface area contributed by atoms with Crippen molar-refractivity contribution in [1.29, 1.82) is 0 Å². The minimum atomic E-state index is -2.28. The van der Waals surface area contributed by atoms with Crippen molar-refractivity contribution in [2.75, 3.05) is 0 Å². The Morgan fingerprint density at radius 1 is 0.500 bits per heavy atom. The lowest BCUT2D eigenvalue weighted by Gasteiger charge is -2.12. The molecule has 0 fully saturated rings. The summed E-state index contributed by atoms with van der Waals surface area (Å²) in [6.45, 7) is -2.28. The third-order valence-corrected chi connectivity index (χ3v) is 5.02. The van der Waals surface area contributed by atoms with E-state index in [2.05, 4.69) is 0 Å². The van der Waals surface area contributed by atoms with Crippen LogP contribution in [0.15, 0.2) is 109 Å². The summed E-state index contributed by atoms with van der Waals surface area (Å²) in [6.07, 6.45) is 0. The molecular formula is C26H18BFO2. The third kappa shape index (κ3) is 3.85. The van der Waals surface area contributed by atoms with Crippen LogP contribution in [0.3, 0.4) is 0 Å². The number of halogens is 1. The van der Waals surface area contributed by atoms with Crippen molar-refractivity contribution in [3.63, 3.8) is 0 Å². The normalized spacial score (nSPS) is 10.4. The van der Waals surface area contributed by atoms with E-state index in [4.69, 9.17) is 0 Å². The summed E-state index contributed by atoms with van der Waals surface area (Å²) in [5, 5.41) is 0. The second kappa shape index (κ2) is 8.70. The molecule has 4 aromatic rings. The van der Waals surface area contributed by atoms with Gasteiger partial charge in [0.15, 0.2) is 11.4 Å². The molecule has 0 N–H and O–H groups in total. The van der Waals surface area contributed by atoms with Crippen molar-refractivity contribution in [1.82, 2.24) is 0 Å². The van der Waals surface area contributed by atoms with Crippen LogP contribution in [0.1, 0.15) is 20.7 Å². The van der Waals surface area contributed by atoms with Crippen LogP contribution < -0.4 is 0 Å². The second-order valence-electron chi connectivity index (χ2n) is 6.91. The van der Waals surface area contributed by atoms with E-state index < -0.39 is 18.4 Å². The smallest absolute Gasteiger partial charge is 0.314 e. The second-order valence-corrected chi connectivity index (χ2v) is 6.91. The predicted molar refractivity (Wildman–Crippen MR) is 119 cm³/mol. The number of benzene rings is 4. The van der Waals surface area contributed by atoms with Crippen LogP contribution in [0.2, 0.25) is 0 Å². The fourth-order valence-corrected chi connectivity index (χ4v) is 3.53. The van der Waals surface area contributed by atoms with E-state index in [1.54, 1.807) is 48.5 Å². The van der Waals surface area contributed by atoms with E-state index in [9.17, 15) is 9.59 Å². The van der Waals surface area contributed by atoms with E-state index in [0.29, 0.717) is 11.1 Å². The first-order valence-corrected chi connectivity index (χ1v) is 9.68. The van der Waals surface area contributed by atoms with Gasteiger partial charge in [-0.05, 0) is 22.3 Å². The number of hydrogen-bond donors (Lipinski definition) is 0. The van der Waals surface area contributed by atoms with Gasteiger partial charge in [-0.2, -0.15) is 0 Å². The molecule has 144 valence electrons. The Morgan fingerprint density at radius 3 is 1.23 bits per heavy atom. The van der Waals surface area contributed by atoms with Crippen LogP contribution >= 0.6 is 0 Å². The summed E-state index contributed by atoms with van der Waals surface area (Å²) in [5.74, 6) is 0. The lowest BCUT2D eigenvalue weighted by atomic mass is 9.57. The molecule has 0 amide bonds. The molecule has 30 heavy (non-hydrogen) atoms. The Hall–Kier alpha value is -3.79. The summed E-state index contributed by atoms with van der Waals surface area (Å²) < 4.78 is 15.3. The standard InChI is InChI=1S/C26H18BFO2/c28-27(25(29)23-17-9-7-15-21(23)19-11-3-1-4-12-19)26(30)24-18-10-8-16-22(24)20-13-5-2-6-14-20/h1-18H.